The van der Waals surface area contributed by atoms with E-state index in [1.165, 1.54) is 47.7 Å². The largest absolute Gasteiger partial charge is 0.310 e. The number of hydrogen-bond donors (Lipinski definition) is 1. The van der Waals surface area contributed by atoms with Crippen molar-refractivity contribution in [3.8, 4) is 0 Å². The number of nitrogens with one attached hydrogen (secondary N) is 1. The molecule has 1 atom stereocenters. The minimum Gasteiger partial charge on any atom is -0.310 e. The second-order valence-corrected chi connectivity index (χ2v) is 6.52. The van der Waals surface area contributed by atoms with Crippen molar-refractivity contribution < 1.29 is 0 Å². The van der Waals surface area contributed by atoms with Crippen molar-refractivity contribution in [2.45, 2.75) is 58.5 Å². The van der Waals surface area contributed by atoms with Gasteiger partial charge >= 0.3 is 0 Å². The third-order valence-electron chi connectivity index (χ3n) is 4.18. The normalized spacial score (nSPS) is 18.8. The van der Waals surface area contributed by atoms with Crippen LogP contribution < -0.4 is 5.32 Å². The van der Waals surface area contributed by atoms with Gasteiger partial charge in [-0.05, 0) is 49.8 Å². The van der Waals surface area contributed by atoms with Gasteiger partial charge in [0.25, 0.3) is 0 Å². The summed E-state index contributed by atoms with van der Waals surface area (Å²) < 4.78 is 1.23. The maximum Gasteiger partial charge on any atom is 0.0222 e. The zero-order chi connectivity index (χ0) is 13.0. The minimum atomic E-state index is 0.638. The quantitative estimate of drug-likeness (QED) is 0.841. The van der Waals surface area contributed by atoms with Gasteiger partial charge in [-0.1, -0.05) is 47.3 Å². The standard InChI is InChI=1S/C16H24BrN/c1-12-8-9-15(16(17)10-12)11-18-13(2)14-6-4-3-5-7-14/h8-10,13-14,18H,3-7,11H2,1-2H3/t13-/m0/s1. The first-order valence-electron chi connectivity index (χ1n) is 7.15. The van der Waals surface area contributed by atoms with Crippen LogP contribution in [0.4, 0.5) is 0 Å². The van der Waals surface area contributed by atoms with Gasteiger partial charge in [0, 0.05) is 17.1 Å². The molecule has 1 aliphatic carbocycles. The molecule has 0 amide bonds. The molecule has 0 saturated heterocycles. The van der Waals surface area contributed by atoms with E-state index in [0.717, 1.165) is 12.5 Å². The fourth-order valence-corrected chi connectivity index (χ4v) is 3.50. The van der Waals surface area contributed by atoms with Crippen LogP contribution in [0.1, 0.15) is 50.2 Å². The SMILES string of the molecule is Cc1ccc(CN[C@@H](C)C2CCCCC2)c(Br)c1. The van der Waals surface area contributed by atoms with Gasteiger partial charge in [-0.15, -0.1) is 0 Å². The van der Waals surface area contributed by atoms with Crippen LogP contribution in [-0.2, 0) is 6.54 Å². The zero-order valence-electron chi connectivity index (χ0n) is 11.5. The fourth-order valence-electron chi connectivity index (χ4n) is 2.87. The second-order valence-electron chi connectivity index (χ2n) is 5.66. The van der Waals surface area contributed by atoms with E-state index in [1.807, 2.05) is 0 Å². The third kappa shape index (κ3) is 3.83. The average molecular weight is 310 g/mol. The minimum absolute atomic E-state index is 0.638. The van der Waals surface area contributed by atoms with Gasteiger partial charge in [0.2, 0.25) is 0 Å². The number of rotatable bonds is 4. The summed E-state index contributed by atoms with van der Waals surface area (Å²) in [5.41, 5.74) is 2.68. The molecule has 0 radical (unpaired) electrons. The van der Waals surface area contributed by atoms with Gasteiger partial charge in [-0.25, -0.2) is 0 Å². The smallest absolute Gasteiger partial charge is 0.0222 e. The van der Waals surface area contributed by atoms with E-state index in [2.05, 4.69) is 53.3 Å². The summed E-state index contributed by atoms with van der Waals surface area (Å²) >= 11 is 3.65. The molecule has 1 aliphatic rings. The highest BCUT2D eigenvalue weighted by Crippen LogP contribution is 2.26. The van der Waals surface area contributed by atoms with Gasteiger partial charge in [0.1, 0.15) is 0 Å². The van der Waals surface area contributed by atoms with Crippen molar-refractivity contribution >= 4 is 15.9 Å². The first-order valence-corrected chi connectivity index (χ1v) is 7.94. The topological polar surface area (TPSA) is 12.0 Å². The number of hydrogen-bond acceptors (Lipinski definition) is 1. The molecular weight excluding hydrogens is 286 g/mol. The Morgan fingerprint density at radius 2 is 2.00 bits per heavy atom. The Labute approximate surface area is 119 Å². The van der Waals surface area contributed by atoms with E-state index in [4.69, 9.17) is 0 Å². The lowest BCUT2D eigenvalue weighted by Gasteiger charge is -2.28. The Hall–Kier alpha value is -0.340. The first kappa shape index (κ1) is 14.1. The molecule has 2 heteroatoms. The van der Waals surface area contributed by atoms with Crippen LogP contribution in [0.3, 0.4) is 0 Å². The molecule has 1 aromatic rings. The van der Waals surface area contributed by atoms with Crippen LogP contribution in [0.25, 0.3) is 0 Å². The highest BCUT2D eigenvalue weighted by Gasteiger charge is 2.19. The maximum absolute atomic E-state index is 3.70. The molecule has 0 heterocycles. The molecule has 1 aromatic carbocycles. The van der Waals surface area contributed by atoms with Gasteiger partial charge in [0.05, 0.1) is 0 Å². The Balaban J connectivity index is 1.86. The molecule has 100 valence electrons. The van der Waals surface area contributed by atoms with Gasteiger partial charge in [-0.2, -0.15) is 0 Å². The van der Waals surface area contributed by atoms with Crippen molar-refractivity contribution in [2.75, 3.05) is 0 Å². The molecule has 0 aliphatic heterocycles. The van der Waals surface area contributed by atoms with E-state index in [1.54, 1.807) is 0 Å². The molecule has 1 N–H and O–H groups in total. The Morgan fingerprint density at radius 3 is 2.67 bits per heavy atom. The Morgan fingerprint density at radius 1 is 1.28 bits per heavy atom. The molecule has 0 spiro atoms. The number of aryl methyl sites for hydroxylation is 1. The molecule has 2 rings (SSSR count). The van der Waals surface area contributed by atoms with Crippen LogP contribution in [0.15, 0.2) is 22.7 Å². The van der Waals surface area contributed by atoms with E-state index < -0.39 is 0 Å². The van der Waals surface area contributed by atoms with Gasteiger partial charge in [0.15, 0.2) is 0 Å². The summed E-state index contributed by atoms with van der Waals surface area (Å²) in [6.07, 6.45) is 7.09. The number of halogens is 1. The van der Waals surface area contributed by atoms with Crippen molar-refractivity contribution in [2.24, 2.45) is 5.92 Å². The van der Waals surface area contributed by atoms with Crippen LogP contribution >= 0.6 is 15.9 Å². The molecule has 18 heavy (non-hydrogen) atoms. The Bertz CT molecular complexity index is 383. The predicted octanol–water partition coefficient (Wildman–Crippen LogP) is 4.82. The second kappa shape index (κ2) is 6.72. The highest BCUT2D eigenvalue weighted by molar-refractivity contribution is 9.10. The van der Waals surface area contributed by atoms with Gasteiger partial charge in [-0.3, -0.25) is 0 Å². The van der Waals surface area contributed by atoms with E-state index in [0.29, 0.717) is 6.04 Å². The maximum atomic E-state index is 3.70. The lowest BCUT2D eigenvalue weighted by molar-refractivity contribution is 0.280. The molecule has 0 aromatic heterocycles. The molecule has 1 fully saturated rings. The lowest BCUT2D eigenvalue weighted by atomic mass is 9.84. The van der Waals surface area contributed by atoms with Crippen molar-refractivity contribution in [3.63, 3.8) is 0 Å². The summed E-state index contributed by atoms with van der Waals surface area (Å²) in [5, 5.41) is 3.70. The van der Waals surface area contributed by atoms with Crippen molar-refractivity contribution in [1.82, 2.24) is 5.32 Å². The molecule has 1 nitrogen and oxygen atoms in total. The molecule has 0 bridgehead atoms. The molecular formula is C16H24BrN. The van der Waals surface area contributed by atoms with Crippen LogP contribution in [-0.4, -0.2) is 6.04 Å². The molecule has 0 unspecified atom stereocenters. The Kier molecular flexibility index (Phi) is 5.25. The van der Waals surface area contributed by atoms with E-state index >= 15 is 0 Å². The zero-order valence-corrected chi connectivity index (χ0v) is 13.1. The third-order valence-corrected chi connectivity index (χ3v) is 4.92. The van der Waals surface area contributed by atoms with Crippen LogP contribution in [0.2, 0.25) is 0 Å². The summed E-state index contributed by atoms with van der Waals surface area (Å²) in [6.45, 7) is 5.45. The summed E-state index contributed by atoms with van der Waals surface area (Å²) in [7, 11) is 0. The van der Waals surface area contributed by atoms with E-state index in [-0.39, 0.29) is 0 Å². The molecule has 1 saturated carbocycles. The van der Waals surface area contributed by atoms with Crippen LogP contribution in [0, 0.1) is 12.8 Å². The number of benzene rings is 1. The fraction of sp³-hybridized carbons (Fsp3) is 0.625. The predicted molar refractivity (Wildman–Crippen MR) is 81.8 cm³/mol. The van der Waals surface area contributed by atoms with E-state index in [9.17, 15) is 0 Å². The van der Waals surface area contributed by atoms with Crippen molar-refractivity contribution in [3.05, 3.63) is 33.8 Å². The summed E-state index contributed by atoms with van der Waals surface area (Å²) in [6, 6.07) is 7.24. The average Bonchev–Trinajstić information content (AvgIpc) is 2.38. The lowest BCUT2D eigenvalue weighted by Crippen LogP contribution is -2.34. The summed E-state index contributed by atoms with van der Waals surface area (Å²) in [5.74, 6) is 0.878. The highest BCUT2D eigenvalue weighted by atomic mass is 79.9. The van der Waals surface area contributed by atoms with Crippen LogP contribution in [0.5, 0.6) is 0 Å². The summed E-state index contributed by atoms with van der Waals surface area (Å²) in [4.78, 5) is 0. The van der Waals surface area contributed by atoms with Gasteiger partial charge < -0.3 is 5.32 Å². The first-order chi connectivity index (χ1) is 8.66. The van der Waals surface area contributed by atoms with Crippen molar-refractivity contribution in [1.29, 1.82) is 0 Å². The monoisotopic (exact) mass is 309 g/mol.